The number of anilines is 1. The minimum Gasteiger partial charge on any atom is -0.378 e. The zero-order chi connectivity index (χ0) is 23.8. The molecule has 8 heteroatoms. The van der Waals surface area contributed by atoms with Crippen molar-refractivity contribution in [3.63, 3.8) is 0 Å². The van der Waals surface area contributed by atoms with Gasteiger partial charge in [-0.15, -0.1) is 0 Å². The molecule has 1 unspecified atom stereocenters. The molecule has 0 aromatic carbocycles. The van der Waals surface area contributed by atoms with Crippen LogP contribution in [0.5, 0.6) is 0 Å². The van der Waals surface area contributed by atoms with Crippen molar-refractivity contribution in [1.82, 2.24) is 24.8 Å². The van der Waals surface area contributed by atoms with Gasteiger partial charge in [0.15, 0.2) is 0 Å². The number of hydrogen-bond donors (Lipinski definition) is 1. The van der Waals surface area contributed by atoms with E-state index in [-0.39, 0.29) is 17.8 Å². The van der Waals surface area contributed by atoms with E-state index in [2.05, 4.69) is 56.1 Å². The fourth-order valence-corrected chi connectivity index (χ4v) is 5.28. The number of allylic oxidation sites excluding steroid dienone is 2. The molecule has 6 rings (SSSR count). The van der Waals surface area contributed by atoms with Crippen molar-refractivity contribution in [3.05, 3.63) is 60.5 Å². The third-order valence-electron chi connectivity index (χ3n) is 7.29. The van der Waals surface area contributed by atoms with Gasteiger partial charge in [-0.05, 0) is 36.8 Å². The summed E-state index contributed by atoms with van der Waals surface area (Å²) in [5.41, 5.74) is 4.98. The molecule has 1 N–H and O–H groups in total. The summed E-state index contributed by atoms with van der Waals surface area (Å²) in [5.74, 6) is 0.716. The van der Waals surface area contributed by atoms with E-state index < -0.39 is 0 Å². The zero-order valence-corrected chi connectivity index (χ0v) is 20.0. The Balaban J connectivity index is 1.23. The van der Waals surface area contributed by atoms with Gasteiger partial charge in [0.25, 0.3) is 5.91 Å². The third kappa shape index (κ3) is 4.23. The molecule has 35 heavy (non-hydrogen) atoms. The molecule has 0 radical (unpaired) electrons. The molecular weight excluding hydrogens is 440 g/mol. The van der Waals surface area contributed by atoms with Gasteiger partial charge in [-0.1, -0.05) is 25.2 Å². The maximum absolute atomic E-state index is 13.3. The van der Waals surface area contributed by atoms with Crippen molar-refractivity contribution >= 4 is 22.6 Å². The number of rotatable bonds is 4. The van der Waals surface area contributed by atoms with Crippen LogP contribution in [0, 0.1) is 5.92 Å². The average Bonchev–Trinajstić information content (AvgIpc) is 3.57. The first-order chi connectivity index (χ1) is 17.2. The van der Waals surface area contributed by atoms with Gasteiger partial charge in [0.1, 0.15) is 5.65 Å². The fraction of sp³-hybridized carbons (Fsp3) is 0.407. The number of likely N-dealkylation sites (tertiary alicyclic amines) is 1. The van der Waals surface area contributed by atoms with E-state index >= 15 is 0 Å². The molecule has 2 fully saturated rings. The highest BCUT2D eigenvalue weighted by Gasteiger charge is 2.33. The fourth-order valence-electron chi connectivity index (χ4n) is 5.28. The second-order valence-corrected chi connectivity index (χ2v) is 9.62. The summed E-state index contributed by atoms with van der Waals surface area (Å²) in [4.78, 5) is 34.4. The highest BCUT2D eigenvalue weighted by molar-refractivity contribution is 5.95. The van der Waals surface area contributed by atoms with Crippen LogP contribution < -0.4 is 4.90 Å². The molecule has 2 aliphatic heterocycles. The number of nitrogens with one attached hydrogen (secondary N) is 1. The number of carbonyl (C=O) groups excluding carboxylic acids is 1. The third-order valence-corrected chi connectivity index (χ3v) is 7.29. The SMILES string of the molecule is CC1C=CC([C@@H]2CCCN2C(=O)c2ncc(-c3c[nH]c4ncc(N5CCOCC5)cc34)cn2)=CC1. The first kappa shape index (κ1) is 22.0. The number of amides is 1. The molecule has 3 aliphatic rings. The number of pyridine rings is 1. The monoisotopic (exact) mass is 470 g/mol. The van der Waals surface area contributed by atoms with Gasteiger partial charge in [-0.3, -0.25) is 4.79 Å². The molecule has 8 nitrogen and oxygen atoms in total. The number of morpholine rings is 1. The molecule has 2 atom stereocenters. The van der Waals surface area contributed by atoms with Crippen molar-refractivity contribution in [3.8, 4) is 11.1 Å². The van der Waals surface area contributed by atoms with Crippen LogP contribution in [0.15, 0.2) is 54.7 Å². The summed E-state index contributed by atoms with van der Waals surface area (Å²) in [6.45, 7) is 6.13. The second kappa shape index (κ2) is 9.26. The highest BCUT2D eigenvalue weighted by Crippen LogP contribution is 2.31. The Hall–Kier alpha value is -3.52. The molecule has 2 saturated heterocycles. The van der Waals surface area contributed by atoms with Crippen molar-refractivity contribution in [1.29, 1.82) is 0 Å². The Labute approximate surface area is 204 Å². The summed E-state index contributed by atoms with van der Waals surface area (Å²) in [5, 5.41) is 1.02. The number of aromatic nitrogens is 4. The molecule has 3 aromatic heterocycles. The molecule has 1 aliphatic carbocycles. The second-order valence-electron chi connectivity index (χ2n) is 9.62. The van der Waals surface area contributed by atoms with E-state index in [0.29, 0.717) is 5.92 Å². The van der Waals surface area contributed by atoms with Crippen molar-refractivity contribution in [2.75, 3.05) is 37.7 Å². The predicted octanol–water partition coefficient (Wildman–Crippen LogP) is 3.98. The Bertz CT molecular complexity index is 1290. The molecule has 180 valence electrons. The lowest BCUT2D eigenvalue weighted by atomic mass is 9.93. The molecular formula is C27H30N6O2. The quantitative estimate of drug-likeness (QED) is 0.621. The average molecular weight is 471 g/mol. The molecule has 0 spiro atoms. The van der Waals surface area contributed by atoms with E-state index in [4.69, 9.17) is 4.74 Å². The number of hydrogen-bond acceptors (Lipinski definition) is 6. The number of ether oxygens (including phenoxy) is 1. The van der Waals surface area contributed by atoms with Crippen LogP contribution in [0.2, 0.25) is 0 Å². The molecule has 0 bridgehead atoms. The van der Waals surface area contributed by atoms with Crippen molar-refractivity contribution < 1.29 is 9.53 Å². The van der Waals surface area contributed by atoms with Gasteiger partial charge in [-0.2, -0.15) is 0 Å². The number of fused-ring (bicyclic) bond motifs is 1. The lowest BCUT2D eigenvalue weighted by molar-refractivity contribution is 0.0745. The maximum atomic E-state index is 13.3. The molecule has 5 heterocycles. The lowest BCUT2D eigenvalue weighted by Gasteiger charge is -2.28. The lowest BCUT2D eigenvalue weighted by Crippen LogP contribution is -2.37. The van der Waals surface area contributed by atoms with Crippen LogP contribution in [0.25, 0.3) is 22.2 Å². The summed E-state index contributed by atoms with van der Waals surface area (Å²) >= 11 is 0. The Kier molecular flexibility index (Phi) is 5.82. The predicted molar refractivity (Wildman–Crippen MR) is 135 cm³/mol. The van der Waals surface area contributed by atoms with Crippen LogP contribution in [-0.2, 0) is 4.74 Å². The van der Waals surface area contributed by atoms with Crippen LogP contribution in [0.1, 0.15) is 36.8 Å². The Morgan fingerprint density at radius 3 is 2.71 bits per heavy atom. The van der Waals surface area contributed by atoms with Gasteiger partial charge in [0, 0.05) is 54.7 Å². The highest BCUT2D eigenvalue weighted by atomic mass is 16.5. The van der Waals surface area contributed by atoms with Gasteiger partial charge < -0.3 is 19.5 Å². The number of aromatic amines is 1. The number of H-pyrrole nitrogens is 1. The van der Waals surface area contributed by atoms with Crippen LogP contribution in [0.4, 0.5) is 5.69 Å². The van der Waals surface area contributed by atoms with Crippen molar-refractivity contribution in [2.45, 2.75) is 32.2 Å². The minimum atomic E-state index is -0.0952. The largest absolute Gasteiger partial charge is 0.378 e. The number of carbonyl (C=O) groups is 1. The van der Waals surface area contributed by atoms with Crippen LogP contribution in [-0.4, -0.2) is 69.6 Å². The van der Waals surface area contributed by atoms with E-state index in [1.807, 2.05) is 17.3 Å². The molecule has 3 aromatic rings. The Morgan fingerprint density at radius 1 is 1.11 bits per heavy atom. The summed E-state index contributed by atoms with van der Waals surface area (Å²) in [6.07, 6.45) is 17.0. The standard InChI is InChI=1S/C27H30N6O2/c1-18-4-6-19(7-5-18)24-3-2-8-33(24)27(34)26-28-14-20(15-29-26)23-17-31-25-22(23)13-21(16-30-25)32-9-11-35-12-10-32/h4,6-7,13-18,24H,2-3,5,8-12H2,1H3,(H,30,31)/t18?,24-/m0/s1. The zero-order valence-electron chi connectivity index (χ0n) is 20.0. The smallest absolute Gasteiger partial charge is 0.292 e. The van der Waals surface area contributed by atoms with Crippen molar-refractivity contribution in [2.24, 2.45) is 5.92 Å². The first-order valence-corrected chi connectivity index (χ1v) is 12.5. The van der Waals surface area contributed by atoms with Crippen LogP contribution in [0.3, 0.4) is 0 Å². The minimum absolute atomic E-state index is 0.0952. The first-order valence-electron chi connectivity index (χ1n) is 12.5. The summed E-state index contributed by atoms with van der Waals surface area (Å²) in [6, 6.07) is 2.27. The molecule has 1 amide bonds. The van der Waals surface area contributed by atoms with Crippen LogP contribution >= 0.6 is 0 Å². The van der Waals surface area contributed by atoms with E-state index in [1.165, 1.54) is 5.57 Å². The molecule has 0 saturated carbocycles. The van der Waals surface area contributed by atoms with Gasteiger partial charge in [-0.25, -0.2) is 15.0 Å². The summed E-state index contributed by atoms with van der Waals surface area (Å²) in [7, 11) is 0. The van der Waals surface area contributed by atoms with Gasteiger partial charge in [0.05, 0.1) is 31.1 Å². The van der Waals surface area contributed by atoms with E-state index in [0.717, 1.165) is 80.0 Å². The number of nitrogens with zero attached hydrogens (tertiary/aromatic N) is 5. The summed E-state index contributed by atoms with van der Waals surface area (Å²) < 4.78 is 5.48. The van der Waals surface area contributed by atoms with Gasteiger partial charge >= 0.3 is 0 Å². The topological polar surface area (TPSA) is 87.2 Å². The Morgan fingerprint density at radius 2 is 1.94 bits per heavy atom. The normalized spacial score (nSPS) is 22.6. The van der Waals surface area contributed by atoms with E-state index in [9.17, 15) is 4.79 Å². The van der Waals surface area contributed by atoms with Gasteiger partial charge in [0.2, 0.25) is 5.82 Å². The van der Waals surface area contributed by atoms with E-state index in [1.54, 1.807) is 12.4 Å². The maximum Gasteiger partial charge on any atom is 0.292 e.